The predicted molar refractivity (Wildman–Crippen MR) is 127 cm³/mol. The summed E-state index contributed by atoms with van der Waals surface area (Å²) < 4.78 is 21.5. The Morgan fingerprint density at radius 2 is 1.88 bits per heavy atom. The first-order valence-electron chi connectivity index (χ1n) is 10.0. The summed E-state index contributed by atoms with van der Waals surface area (Å²) in [5.41, 5.74) is 1.81. The van der Waals surface area contributed by atoms with Gasteiger partial charge in [0.05, 0.1) is 23.6 Å². The van der Waals surface area contributed by atoms with Crippen molar-refractivity contribution in [2.24, 2.45) is 0 Å². The first-order valence-corrected chi connectivity index (χ1v) is 11.4. The lowest BCUT2D eigenvalue weighted by atomic mass is 10.2. The number of nitrogens with one attached hydrogen (secondary N) is 1. The van der Waals surface area contributed by atoms with Gasteiger partial charge in [0.1, 0.15) is 11.6 Å². The van der Waals surface area contributed by atoms with Crippen molar-refractivity contribution in [3.63, 3.8) is 0 Å². The van der Waals surface area contributed by atoms with Crippen molar-refractivity contribution in [1.29, 1.82) is 0 Å². The van der Waals surface area contributed by atoms with E-state index in [-0.39, 0.29) is 17.3 Å². The van der Waals surface area contributed by atoms with Gasteiger partial charge in [-0.1, -0.05) is 59.8 Å². The topological polar surface area (TPSA) is 69.0 Å². The van der Waals surface area contributed by atoms with Crippen molar-refractivity contribution < 1.29 is 13.9 Å². The molecule has 0 fully saturated rings. The first kappa shape index (κ1) is 22.8. The number of para-hydroxylation sites is 1. The van der Waals surface area contributed by atoms with Crippen LogP contribution in [0.4, 0.5) is 4.39 Å². The van der Waals surface area contributed by atoms with Crippen LogP contribution in [-0.2, 0) is 11.3 Å². The molecule has 3 aromatic carbocycles. The zero-order valence-electron chi connectivity index (χ0n) is 17.7. The molecule has 4 rings (SSSR count). The zero-order valence-corrected chi connectivity index (χ0v) is 19.2. The van der Waals surface area contributed by atoms with Gasteiger partial charge in [0.15, 0.2) is 11.0 Å². The molecule has 4 aromatic rings. The molecule has 0 saturated carbocycles. The van der Waals surface area contributed by atoms with E-state index < -0.39 is 5.82 Å². The molecule has 0 bridgehead atoms. The van der Waals surface area contributed by atoms with Crippen molar-refractivity contribution in [3.05, 3.63) is 89.2 Å². The number of carbonyl (C=O) groups is 1. The Morgan fingerprint density at radius 1 is 1.09 bits per heavy atom. The molecule has 1 aromatic heterocycles. The highest BCUT2D eigenvalue weighted by Gasteiger charge is 2.20. The maximum absolute atomic E-state index is 14.7. The highest BCUT2D eigenvalue weighted by molar-refractivity contribution is 7.99. The van der Waals surface area contributed by atoms with Gasteiger partial charge in [-0.25, -0.2) is 4.39 Å². The van der Waals surface area contributed by atoms with Gasteiger partial charge in [0.2, 0.25) is 5.91 Å². The number of aromatic nitrogens is 3. The highest BCUT2D eigenvalue weighted by atomic mass is 35.5. The maximum atomic E-state index is 14.7. The smallest absolute Gasteiger partial charge is 0.230 e. The molecule has 33 heavy (non-hydrogen) atoms. The van der Waals surface area contributed by atoms with Gasteiger partial charge in [0.25, 0.3) is 0 Å². The molecule has 0 saturated heterocycles. The van der Waals surface area contributed by atoms with Crippen molar-refractivity contribution >= 4 is 29.3 Å². The van der Waals surface area contributed by atoms with Crippen LogP contribution in [0.15, 0.2) is 78.0 Å². The van der Waals surface area contributed by atoms with Crippen LogP contribution in [0.25, 0.3) is 17.1 Å². The zero-order chi connectivity index (χ0) is 23.2. The number of halogens is 2. The van der Waals surface area contributed by atoms with E-state index in [9.17, 15) is 9.18 Å². The molecule has 1 amide bonds. The van der Waals surface area contributed by atoms with Crippen molar-refractivity contribution in [1.82, 2.24) is 20.1 Å². The Hall–Kier alpha value is -3.36. The summed E-state index contributed by atoms with van der Waals surface area (Å²) in [7, 11) is 1.59. The Balaban J connectivity index is 1.55. The number of benzene rings is 3. The summed E-state index contributed by atoms with van der Waals surface area (Å²) in [5, 5.41) is 12.2. The lowest BCUT2D eigenvalue weighted by molar-refractivity contribution is -0.118. The molecule has 0 spiro atoms. The van der Waals surface area contributed by atoms with E-state index in [1.54, 1.807) is 48.1 Å². The van der Waals surface area contributed by atoms with Crippen molar-refractivity contribution in [2.75, 3.05) is 12.9 Å². The van der Waals surface area contributed by atoms with Gasteiger partial charge in [-0.05, 0) is 42.0 Å². The number of rotatable bonds is 8. The molecule has 168 valence electrons. The Bertz CT molecular complexity index is 1280. The summed E-state index contributed by atoms with van der Waals surface area (Å²) in [4.78, 5) is 12.5. The molecule has 1 N–H and O–H groups in total. The lowest BCUT2D eigenvalue weighted by Crippen LogP contribution is -2.24. The number of methoxy groups -OCH3 is 1. The fourth-order valence-electron chi connectivity index (χ4n) is 3.19. The van der Waals surface area contributed by atoms with Gasteiger partial charge in [-0.2, -0.15) is 0 Å². The van der Waals surface area contributed by atoms with E-state index in [1.165, 1.54) is 17.8 Å². The van der Waals surface area contributed by atoms with Gasteiger partial charge in [0, 0.05) is 12.1 Å². The minimum absolute atomic E-state index is 0.0824. The number of nitrogens with zero attached hydrogens (tertiary/aromatic N) is 3. The van der Waals surface area contributed by atoms with E-state index in [0.29, 0.717) is 28.1 Å². The fourth-order valence-corrected chi connectivity index (χ4v) is 4.19. The number of ether oxygens (including phenoxy) is 1. The average Bonchev–Trinajstić information content (AvgIpc) is 3.25. The number of carbonyl (C=O) groups excluding carboxylic acids is 1. The molecule has 0 aliphatic rings. The SMILES string of the molecule is COc1cccc(CNC(=O)CSc2nnc(-c3ccccc3Cl)n2-c2ccccc2F)c1. The largest absolute Gasteiger partial charge is 0.497 e. The average molecular weight is 483 g/mol. The van der Waals surface area contributed by atoms with Gasteiger partial charge < -0.3 is 10.1 Å². The molecule has 0 atom stereocenters. The number of amides is 1. The van der Waals surface area contributed by atoms with E-state index in [4.69, 9.17) is 16.3 Å². The van der Waals surface area contributed by atoms with Crippen molar-refractivity contribution in [2.45, 2.75) is 11.7 Å². The highest BCUT2D eigenvalue weighted by Crippen LogP contribution is 2.32. The van der Waals surface area contributed by atoms with Crippen LogP contribution in [0.2, 0.25) is 5.02 Å². The molecular formula is C24H20ClFN4O2S. The molecule has 0 unspecified atom stereocenters. The lowest BCUT2D eigenvalue weighted by Gasteiger charge is -2.12. The molecular weight excluding hydrogens is 463 g/mol. The molecule has 6 nitrogen and oxygen atoms in total. The van der Waals surface area contributed by atoms with Crippen LogP contribution in [-0.4, -0.2) is 33.5 Å². The monoisotopic (exact) mass is 482 g/mol. The fraction of sp³-hybridized carbons (Fsp3) is 0.125. The molecule has 1 heterocycles. The van der Waals surface area contributed by atoms with E-state index in [0.717, 1.165) is 11.3 Å². The van der Waals surface area contributed by atoms with E-state index in [1.807, 2.05) is 30.3 Å². The van der Waals surface area contributed by atoms with Gasteiger partial charge in [-0.15, -0.1) is 10.2 Å². The van der Waals surface area contributed by atoms with Crippen LogP contribution in [0.1, 0.15) is 5.56 Å². The van der Waals surface area contributed by atoms with Crippen LogP contribution < -0.4 is 10.1 Å². The summed E-state index contributed by atoms with van der Waals surface area (Å²) in [6, 6.07) is 20.9. The summed E-state index contributed by atoms with van der Waals surface area (Å²) in [5.74, 6) is 0.574. The second kappa shape index (κ2) is 10.5. The van der Waals surface area contributed by atoms with E-state index >= 15 is 0 Å². The number of hydrogen-bond donors (Lipinski definition) is 1. The maximum Gasteiger partial charge on any atom is 0.230 e. The number of hydrogen-bond acceptors (Lipinski definition) is 5. The van der Waals surface area contributed by atoms with E-state index in [2.05, 4.69) is 15.5 Å². The Morgan fingerprint density at radius 3 is 2.67 bits per heavy atom. The summed E-state index contributed by atoms with van der Waals surface area (Å²) >= 11 is 7.53. The second-order valence-electron chi connectivity index (χ2n) is 6.99. The third kappa shape index (κ3) is 5.35. The van der Waals surface area contributed by atoms with Crippen molar-refractivity contribution in [3.8, 4) is 22.8 Å². The summed E-state index contributed by atoms with van der Waals surface area (Å²) in [6.07, 6.45) is 0. The quantitative estimate of drug-likeness (QED) is 0.352. The van der Waals surface area contributed by atoms with Gasteiger partial charge in [-0.3, -0.25) is 9.36 Å². The third-order valence-corrected chi connectivity index (χ3v) is 6.06. The Kier molecular flexibility index (Phi) is 7.26. The van der Waals surface area contributed by atoms with Crippen LogP contribution in [0.3, 0.4) is 0 Å². The standard InChI is InChI=1S/C24H20ClFN4O2S/c1-32-17-8-6-7-16(13-17)14-27-22(31)15-33-24-29-28-23(18-9-2-3-10-19(18)25)30(24)21-12-5-4-11-20(21)26/h2-13H,14-15H2,1H3,(H,27,31). The molecule has 0 aliphatic heterocycles. The molecule has 9 heteroatoms. The normalized spacial score (nSPS) is 10.8. The number of thioether (sulfide) groups is 1. The predicted octanol–water partition coefficient (Wildman–Crippen LogP) is 5.14. The molecule has 0 aliphatic carbocycles. The first-order chi connectivity index (χ1) is 16.1. The minimum Gasteiger partial charge on any atom is -0.497 e. The van der Waals surface area contributed by atoms with Crippen LogP contribution in [0.5, 0.6) is 5.75 Å². The van der Waals surface area contributed by atoms with Gasteiger partial charge >= 0.3 is 0 Å². The second-order valence-corrected chi connectivity index (χ2v) is 8.34. The van der Waals surface area contributed by atoms with Crippen LogP contribution >= 0.6 is 23.4 Å². The minimum atomic E-state index is -0.435. The molecule has 0 radical (unpaired) electrons. The Labute approximate surface area is 199 Å². The third-order valence-electron chi connectivity index (χ3n) is 4.80. The summed E-state index contributed by atoms with van der Waals surface area (Å²) in [6.45, 7) is 0.363. The van der Waals surface area contributed by atoms with Crippen LogP contribution in [0, 0.1) is 5.82 Å².